The van der Waals surface area contributed by atoms with Gasteiger partial charge in [0.15, 0.2) is 6.04 Å². The van der Waals surface area contributed by atoms with Gasteiger partial charge in [-0.1, -0.05) is 44.5 Å². The van der Waals surface area contributed by atoms with Crippen molar-refractivity contribution in [1.82, 2.24) is 0 Å². The van der Waals surface area contributed by atoms with Crippen molar-refractivity contribution in [2.45, 2.75) is 51.7 Å². The molecule has 3 aliphatic rings. The molecule has 1 heterocycles. The van der Waals surface area contributed by atoms with Crippen molar-refractivity contribution in [3.05, 3.63) is 45.0 Å². The number of benzene rings is 1. The molecule has 0 radical (unpaired) electrons. The molecule has 1 aliphatic heterocycles. The molecular weight excluding hydrogens is 368 g/mol. The lowest BCUT2D eigenvalue weighted by Crippen LogP contribution is -2.48. The highest BCUT2D eigenvalue weighted by Gasteiger charge is 2.68. The van der Waals surface area contributed by atoms with Crippen LogP contribution in [0.2, 0.25) is 5.02 Å². The van der Waals surface area contributed by atoms with Gasteiger partial charge in [-0.05, 0) is 36.0 Å². The van der Waals surface area contributed by atoms with Crippen LogP contribution in [0.5, 0.6) is 0 Å². The molecule has 2 fully saturated rings. The summed E-state index contributed by atoms with van der Waals surface area (Å²) in [5.74, 6) is -0.882. The number of nitro groups is 1. The van der Waals surface area contributed by atoms with Crippen molar-refractivity contribution < 1.29 is 14.5 Å². The molecule has 5 atom stereocenters. The Labute approximate surface area is 163 Å². The Balaban J connectivity index is 1.75. The first kappa shape index (κ1) is 18.4. The number of rotatable bonds is 4. The topological polar surface area (TPSA) is 81.8 Å². The molecule has 2 bridgehead atoms. The molecule has 0 spiro atoms. The van der Waals surface area contributed by atoms with Crippen LogP contribution in [0.25, 0.3) is 0 Å². The third kappa shape index (κ3) is 2.60. The van der Waals surface area contributed by atoms with Crippen molar-refractivity contribution in [1.29, 1.82) is 0 Å². The van der Waals surface area contributed by atoms with Crippen LogP contribution in [0.3, 0.4) is 0 Å². The predicted octanol–water partition coefficient (Wildman–Crippen LogP) is 3.89. The largest absolute Gasteiger partial charge is 0.454 e. The van der Waals surface area contributed by atoms with Crippen LogP contribution >= 0.6 is 11.6 Å². The average Bonchev–Trinajstić information content (AvgIpc) is 2.92. The number of aliphatic imine (C=N–C) groups is 1. The van der Waals surface area contributed by atoms with Gasteiger partial charge in [-0.3, -0.25) is 15.1 Å². The molecule has 7 heteroatoms. The van der Waals surface area contributed by atoms with Gasteiger partial charge in [0, 0.05) is 21.3 Å². The van der Waals surface area contributed by atoms with Crippen LogP contribution in [-0.4, -0.2) is 35.3 Å². The monoisotopic (exact) mass is 390 g/mol. The number of ether oxygens (including phenoxy) is 1. The standard InChI is InChI=1S/C20H23ClN2O4/c1-19(2)14-8-9-20(19,3)17-16(14)22-15(18(24)27-17)13(10-23(25)26)11-4-6-12(21)7-5-11/h4-7,13-15,17H,8-10H2,1-3H3/t13-,14+,15+,17+,20-/m0/s1. The highest BCUT2D eigenvalue weighted by Crippen LogP contribution is 2.65. The lowest BCUT2D eigenvalue weighted by Gasteiger charge is -2.39. The minimum absolute atomic E-state index is 0.00938. The predicted molar refractivity (Wildman–Crippen MR) is 102 cm³/mol. The molecule has 4 rings (SSSR count). The summed E-state index contributed by atoms with van der Waals surface area (Å²) < 4.78 is 5.88. The Morgan fingerprint density at radius 3 is 2.63 bits per heavy atom. The van der Waals surface area contributed by atoms with Crippen molar-refractivity contribution in [3.8, 4) is 0 Å². The first-order valence-electron chi connectivity index (χ1n) is 9.30. The third-order valence-electron chi connectivity index (χ3n) is 7.29. The fraction of sp³-hybridized carbons (Fsp3) is 0.600. The average molecular weight is 391 g/mol. The van der Waals surface area contributed by atoms with Crippen molar-refractivity contribution in [3.63, 3.8) is 0 Å². The molecule has 6 nitrogen and oxygen atoms in total. The quantitative estimate of drug-likeness (QED) is 0.443. The van der Waals surface area contributed by atoms with Gasteiger partial charge in [0.05, 0.1) is 11.6 Å². The van der Waals surface area contributed by atoms with Crippen molar-refractivity contribution in [2.75, 3.05) is 6.54 Å². The van der Waals surface area contributed by atoms with Crippen molar-refractivity contribution >= 4 is 23.3 Å². The van der Waals surface area contributed by atoms with E-state index in [1.807, 2.05) is 0 Å². The van der Waals surface area contributed by atoms with Crippen LogP contribution in [-0.2, 0) is 9.53 Å². The number of hydrogen-bond acceptors (Lipinski definition) is 5. The lowest BCUT2D eigenvalue weighted by molar-refractivity contribution is -0.483. The molecule has 0 aromatic heterocycles. The second-order valence-corrected chi connectivity index (χ2v) is 9.16. The van der Waals surface area contributed by atoms with Gasteiger partial charge in [-0.15, -0.1) is 0 Å². The molecule has 144 valence electrons. The molecule has 0 N–H and O–H groups in total. The maximum atomic E-state index is 12.9. The minimum atomic E-state index is -0.887. The summed E-state index contributed by atoms with van der Waals surface area (Å²) in [7, 11) is 0. The van der Waals surface area contributed by atoms with E-state index >= 15 is 0 Å². The molecular formula is C20H23ClN2O4. The highest BCUT2D eigenvalue weighted by atomic mass is 35.5. The second kappa shape index (κ2) is 6.03. The van der Waals surface area contributed by atoms with Gasteiger partial charge in [-0.25, -0.2) is 4.79 Å². The van der Waals surface area contributed by atoms with Gasteiger partial charge in [-0.2, -0.15) is 0 Å². The Hall–Kier alpha value is -1.95. The van der Waals surface area contributed by atoms with E-state index in [0.29, 0.717) is 10.6 Å². The van der Waals surface area contributed by atoms with Crippen LogP contribution in [0, 0.1) is 26.9 Å². The van der Waals surface area contributed by atoms with E-state index in [9.17, 15) is 14.9 Å². The summed E-state index contributed by atoms with van der Waals surface area (Å²) in [6.45, 7) is 6.21. The molecule has 2 aliphatic carbocycles. The summed E-state index contributed by atoms with van der Waals surface area (Å²) in [5, 5.41) is 11.8. The maximum Gasteiger partial charge on any atom is 0.332 e. The van der Waals surface area contributed by atoms with E-state index in [1.54, 1.807) is 24.3 Å². The molecule has 0 saturated heterocycles. The van der Waals surface area contributed by atoms with Crippen molar-refractivity contribution in [2.24, 2.45) is 21.7 Å². The smallest absolute Gasteiger partial charge is 0.332 e. The van der Waals surface area contributed by atoms with E-state index in [1.165, 1.54) is 0 Å². The number of carbonyl (C=O) groups excluding carboxylic acids is 1. The molecule has 2 saturated carbocycles. The van der Waals surface area contributed by atoms with Gasteiger partial charge in [0.1, 0.15) is 6.10 Å². The zero-order chi connectivity index (χ0) is 19.6. The van der Waals surface area contributed by atoms with E-state index in [2.05, 4.69) is 20.8 Å². The summed E-state index contributed by atoms with van der Waals surface area (Å²) in [5.41, 5.74) is 1.45. The van der Waals surface area contributed by atoms with Gasteiger partial charge >= 0.3 is 5.97 Å². The third-order valence-corrected chi connectivity index (χ3v) is 7.54. The van der Waals surface area contributed by atoms with E-state index in [4.69, 9.17) is 21.3 Å². The molecule has 0 unspecified atom stereocenters. The minimum Gasteiger partial charge on any atom is -0.454 e. The van der Waals surface area contributed by atoms with Crippen LogP contribution < -0.4 is 0 Å². The maximum absolute atomic E-state index is 12.9. The molecule has 1 aromatic carbocycles. The number of halogens is 1. The van der Waals surface area contributed by atoms with Gasteiger partial charge < -0.3 is 4.74 Å². The summed E-state index contributed by atoms with van der Waals surface area (Å²) in [6.07, 6.45) is 1.71. The summed E-state index contributed by atoms with van der Waals surface area (Å²) >= 11 is 5.95. The van der Waals surface area contributed by atoms with Gasteiger partial charge in [0.25, 0.3) is 0 Å². The van der Waals surface area contributed by atoms with E-state index < -0.39 is 22.9 Å². The van der Waals surface area contributed by atoms with Crippen LogP contribution in [0.1, 0.15) is 45.1 Å². The number of esters is 1. The SMILES string of the molecule is CC1(C)[C@@H]2CC[C@@]1(C)[C@@H]1OC(=O)[C@@H]([C@@H](C[N+](=O)[O-])c3ccc(Cl)cc3)N=C21. The van der Waals surface area contributed by atoms with Crippen LogP contribution in [0.4, 0.5) is 0 Å². The summed E-state index contributed by atoms with van der Waals surface area (Å²) in [6, 6.07) is 5.91. The van der Waals surface area contributed by atoms with E-state index in [-0.39, 0.29) is 29.4 Å². The summed E-state index contributed by atoms with van der Waals surface area (Å²) in [4.78, 5) is 28.5. The Kier molecular flexibility index (Phi) is 4.11. The number of nitrogens with zero attached hydrogens (tertiary/aromatic N) is 2. The Morgan fingerprint density at radius 2 is 2.00 bits per heavy atom. The van der Waals surface area contributed by atoms with Gasteiger partial charge in [0.2, 0.25) is 6.54 Å². The molecule has 0 amide bonds. The zero-order valence-corrected chi connectivity index (χ0v) is 16.4. The first-order chi connectivity index (χ1) is 12.6. The fourth-order valence-corrected chi connectivity index (χ4v) is 5.41. The number of carbonyl (C=O) groups is 1. The second-order valence-electron chi connectivity index (χ2n) is 8.72. The Bertz CT molecular complexity index is 835. The first-order valence-corrected chi connectivity index (χ1v) is 9.68. The number of hydrogen-bond donors (Lipinski definition) is 0. The Morgan fingerprint density at radius 1 is 1.33 bits per heavy atom. The fourth-order valence-electron chi connectivity index (χ4n) is 5.28. The lowest BCUT2D eigenvalue weighted by atomic mass is 9.70. The zero-order valence-electron chi connectivity index (χ0n) is 15.6. The molecule has 1 aromatic rings. The normalized spacial score (nSPS) is 34.6. The highest BCUT2D eigenvalue weighted by molar-refractivity contribution is 6.30. The number of fused-ring (bicyclic) bond motifs is 5. The van der Waals surface area contributed by atoms with E-state index in [0.717, 1.165) is 18.6 Å². The van der Waals surface area contributed by atoms with Crippen LogP contribution in [0.15, 0.2) is 29.3 Å². The molecule has 27 heavy (non-hydrogen) atoms.